The van der Waals surface area contributed by atoms with Crippen molar-refractivity contribution in [3.05, 3.63) is 0 Å². The first kappa shape index (κ1) is 12.5. The third kappa shape index (κ3) is 4.62. The Morgan fingerprint density at radius 2 is 2.13 bits per heavy atom. The molecule has 1 aliphatic carbocycles. The minimum Gasteiger partial charge on any atom is -0.463 e. The fourth-order valence-electron chi connectivity index (χ4n) is 1.80. The van der Waals surface area contributed by atoms with E-state index in [1.807, 2.05) is 6.92 Å². The molecule has 1 fully saturated rings. The van der Waals surface area contributed by atoms with Gasteiger partial charge in [-0.3, -0.25) is 4.79 Å². The highest BCUT2D eigenvalue weighted by Crippen LogP contribution is 2.24. The molecule has 4 heteroatoms. The van der Waals surface area contributed by atoms with E-state index in [4.69, 9.17) is 15.2 Å². The second-order valence-corrected chi connectivity index (χ2v) is 4.05. The molecule has 1 rings (SSSR count). The van der Waals surface area contributed by atoms with Crippen LogP contribution in [-0.4, -0.2) is 31.8 Å². The van der Waals surface area contributed by atoms with Crippen molar-refractivity contribution in [2.24, 2.45) is 11.7 Å². The lowest BCUT2D eigenvalue weighted by Gasteiger charge is -2.09. The summed E-state index contributed by atoms with van der Waals surface area (Å²) >= 11 is 0. The molecule has 0 spiro atoms. The Bertz CT molecular complexity index is 196. The van der Waals surface area contributed by atoms with E-state index in [9.17, 15) is 4.79 Å². The zero-order valence-corrected chi connectivity index (χ0v) is 9.41. The fraction of sp³-hybridized carbons (Fsp3) is 0.909. The van der Waals surface area contributed by atoms with Crippen LogP contribution < -0.4 is 5.73 Å². The van der Waals surface area contributed by atoms with Gasteiger partial charge in [0, 0.05) is 12.6 Å². The number of carbonyl (C=O) groups excluding carboxylic acids is 1. The highest BCUT2D eigenvalue weighted by molar-refractivity contribution is 5.72. The van der Waals surface area contributed by atoms with Gasteiger partial charge in [-0.25, -0.2) is 0 Å². The first-order chi connectivity index (χ1) is 7.24. The van der Waals surface area contributed by atoms with Gasteiger partial charge in [-0.1, -0.05) is 6.92 Å². The van der Waals surface area contributed by atoms with Gasteiger partial charge >= 0.3 is 5.97 Å². The Kier molecular flexibility index (Phi) is 5.65. The average Bonchev–Trinajstić information content (AvgIpc) is 2.64. The smallest absolute Gasteiger partial charge is 0.309 e. The Balaban J connectivity index is 2.03. The number of carbonyl (C=O) groups is 1. The molecule has 0 aromatic carbocycles. The van der Waals surface area contributed by atoms with E-state index in [1.54, 1.807) is 0 Å². The van der Waals surface area contributed by atoms with E-state index in [0.29, 0.717) is 13.2 Å². The maximum absolute atomic E-state index is 11.5. The van der Waals surface area contributed by atoms with Crippen LogP contribution in [-0.2, 0) is 14.3 Å². The van der Waals surface area contributed by atoms with Crippen LogP contribution in [0.2, 0.25) is 0 Å². The normalized spacial score (nSPS) is 25.5. The first-order valence-corrected chi connectivity index (χ1v) is 5.74. The van der Waals surface area contributed by atoms with Gasteiger partial charge in [-0.05, 0) is 25.7 Å². The molecule has 0 aromatic heterocycles. The molecule has 15 heavy (non-hydrogen) atoms. The van der Waals surface area contributed by atoms with Gasteiger partial charge in [0.05, 0.1) is 12.5 Å². The third-order valence-corrected chi connectivity index (χ3v) is 2.63. The summed E-state index contributed by atoms with van der Waals surface area (Å²) in [5.74, 6) is -0.0887. The molecule has 1 aliphatic rings. The molecule has 0 saturated heterocycles. The van der Waals surface area contributed by atoms with Crippen molar-refractivity contribution in [3.8, 4) is 0 Å². The van der Waals surface area contributed by atoms with Crippen LogP contribution in [0.1, 0.15) is 32.6 Å². The lowest BCUT2D eigenvalue weighted by atomic mass is 10.1. The SMILES string of the molecule is CCCOCCOC(=O)[C@@H]1CC[C@H](N)C1. The van der Waals surface area contributed by atoms with E-state index in [-0.39, 0.29) is 17.9 Å². The van der Waals surface area contributed by atoms with Crippen molar-refractivity contribution in [1.82, 2.24) is 0 Å². The summed E-state index contributed by atoms with van der Waals surface area (Å²) in [6.45, 7) is 3.64. The summed E-state index contributed by atoms with van der Waals surface area (Å²) in [6.07, 6.45) is 3.57. The minimum absolute atomic E-state index is 0.0196. The summed E-state index contributed by atoms with van der Waals surface area (Å²) in [6, 6.07) is 0.180. The largest absolute Gasteiger partial charge is 0.463 e. The molecule has 0 aliphatic heterocycles. The molecule has 1 saturated carbocycles. The Morgan fingerprint density at radius 3 is 2.73 bits per heavy atom. The first-order valence-electron chi connectivity index (χ1n) is 5.74. The van der Waals surface area contributed by atoms with Crippen LogP contribution in [0.4, 0.5) is 0 Å². The molecular formula is C11H21NO3. The van der Waals surface area contributed by atoms with Gasteiger partial charge in [-0.15, -0.1) is 0 Å². The van der Waals surface area contributed by atoms with Gasteiger partial charge in [0.1, 0.15) is 6.61 Å². The number of esters is 1. The number of ether oxygens (including phenoxy) is 2. The van der Waals surface area contributed by atoms with Crippen LogP contribution in [0.3, 0.4) is 0 Å². The lowest BCUT2D eigenvalue weighted by Crippen LogP contribution is -2.21. The molecule has 2 atom stereocenters. The number of nitrogens with two attached hydrogens (primary N) is 1. The van der Waals surface area contributed by atoms with E-state index in [2.05, 4.69) is 0 Å². The molecule has 2 N–H and O–H groups in total. The van der Waals surface area contributed by atoms with Crippen LogP contribution in [0.5, 0.6) is 0 Å². The monoisotopic (exact) mass is 215 g/mol. The summed E-state index contributed by atoms with van der Waals surface area (Å²) in [4.78, 5) is 11.5. The standard InChI is InChI=1S/C11H21NO3/c1-2-5-14-6-7-15-11(13)9-3-4-10(12)8-9/h9-10H,2-8,12H2,1H3/t9-,10+/m1/s1. The molecule has 0 radical (unpaired) electrons. The zero-order valence-electron chi connectivity index (χ0n) is 9.41. The van der Waals surface area contributed by atoms with Crippen LogP contribution >= 0.6 is 0 Å². The predicted octanol–water partition coefficient (Wildman–Crippen LogP) is 1.08. The molecule has 0 aromatic rings. The minimum atomic E-state index is -0.108. The maximum Gasteiger partial charge on any atom is 0.309 e. The van der Waals surface area contributed by atoms with Crippen molar-refractivity contribution in [1.29, 1.82) is 0 Å². The van der Waals surface area contributed by atoms with Crippen molar-refractivity contribution < 1.29 is 14.3 Å². The van der Waals surface area contributed by atoms with Gasteiger partial charge in [0.25, 0.3) is 0 Å². The lowest BCUT2D eigenvalue weighted by molar-refractivity contribution is -0.149. The second kappa shape index (κ2) is 6.80. The van der Waals surface area contributed by atoms with Gasteiger partial charge < -0.3 is 15.2 Å². The van der Waals surface area contributed by atoms with Gasteiger partial charge in [0.15, 0.2) is 0 Å². The summed E-state index contributed by atoms with van der Waals surface area (Å²) in [5.41, 5.74) is 5.72. The second-order valence-electron chi connectivity index (χ2n) is 4.05. The molecule has 0 amide bonds. The van der Waals surface area contributed by atoms with Crippen molar-refractivity contribution in [3.63, 3.8) is 0 Å². The quantitative estimate of drug-likeness (QED) is 0.532. The molecular weight excluding hydrogens is 194 g/mol. The summed E-state index contributed by atoms with van der Waals surface area (Å²) < 4.78 is 10.3. The van der Waals surface area contributed by atoms with Crippen molar-refractivity contribution in [2.45, 2.75) is 38.6 Å². The topological polar surface area (TPSA) is 61.5 Å². The molecule has 4 nitrogen and oxygen atoms in total. The third-order valence-electron chi connectivity index (χ3n) is 2.63. The van der Waals surface area contributed by atoms with E-state index >= 15 is 0 Å². The summed E-state index contributed by atoms with van der Waals surface area (Å²) in [7, 11) is 0. The van der Waals surface area contributed by atoms with Crippen LogP contribution in [0.25, 0.3) is 0 Å². The fourth-order valence-corrected chi connectivity index (χ4v) is 1.80. The Labute approximate surface area is 91.1 Å². The van der Waals surface area contributed by atoms with Crippen LogP contribution in [0, 0.1) is 5.92 Å². The van der Waals surface area contributed by atoms with Gasteiger partial charge in [0.2, 0.25) is 0 Å². The molecule has 88 valence electrons. The molecule has 0 heterocycles. The van der Waals surface area contributed by atoms with E-state index in [0.717, 1.165) is 32.3 Å². The predicted molar refractivity (Wildman–Crippen MR) is 57.4 cm³/mol. The number of hydrogen-bond donors (Lipinski definition) is 1. The Morgan fingerprint density at radius 1 is 1.33 bits per heavy atom. The average molecular weight is 215 g/mol. The Hall–Kier alpha value is -0.610. The van der Waals surface area contributed by atoms with Crippen LogP contribution in [0.15, 0.2) is 0 Å². The highest BCUT2D eigenvalue weighted by atomic mass is 16.6. The van der Waals surface area contributed by atoms with Gasteiger partial charge in [-0.2, -0.15) is 0 Å². The number of hydrogen-bond acceptors (Lipinski definition) is 4. The highest BCUT2D eigenvalue weighted by Gasteiger charge is 2.28. The molecule has 0 unspecified atom stereocenters. The maximum atomic E-state index is 11.5. The summed E-state index contributed by atoms with van der Waals surface area (Å²) in [5, 5.41) is 0. The molecule has 0 bridgehead atoms. The van der Waals surface area contributed by atoms with E-state index < -0.39 is 0 Å². The van der Waals surface area contributed by atoms with Crippen molar-refractivity contribution >= 4 is 5.97 Å². The van der Waals surface area contributed by atoms with Crippen molar-refractivity contribution in [2.75, 3.05) is 19.8 Å². The zero-order chi connectivity index (χ0) is 11.1. The number of rotatable bonds is 6. The van der Waals surface area contributed by atoms with E-state index in [1.165, 1.54) is 0 Å².